The molecule has 1 N–H and O–H groups in total. The van der Waals surface area contributed by atoms with Gasteiger partial charge in [0.2, 0.25) is 0 Å². The summed E-state index contributed by atoms with van der Waals surface area (Å²) in [5.41, 5.74) is 0.626. The maximum absolute atomic E-state index is 12.3. The van der Waals surface area contributed by atoms with Crippen LogP contribution in [0.1, 0.15) is 72.3 Å². The number of unbranched alkanes of at least 4 members (excludes halogenated alkanes) is 2. The Bertz CT molecular complexity index is 824. The van der Waals surface area contributed by atoms with Crippen molar-refractivity contribution in [2.24, 2.45) is 5.92 Å². The molecule has 30 heavy (non-hydrogen) atoms. The van der Waals surface area contributed by atoms with Gasteiger partial charge in [-0.15, -0.1) is 11.3 Å². The predicted octanol–water partition coefficient (Wildman–Crippen LogP) is 6.44. The molecule has 0 bridgehead atoms. The maximum Gasteiger partial charge on any atom is 0.410 e. The lowest BCUT2D eigenvalue weighted by atomic mass is 9.99. The average Bonchev–Trinajstić information content (AvgIpc) is 3.12. The summed E-state index contributed by atoms with van der Waals surface area (Å²) < 4.78 is 12.3. The van der Waals surface area contributed by atoms with E-state index in [1.807, 2.05) is 27.7 Å². The largest absolute Gasteiger partial charge is 0.444 e. The number of hydrogen-bond acceptors (Lipinski definition) is 5. The predicted molar refractivity (Wildman–Crippen MR) is 123 cm³/mol. The van der Waals surface area contributed by atoms with Crippen molar-refractivity contribution >= 4 is 33.5 Å². The molecule has 2 aromatic rings. The van der Waals surface area contributed by atoms with Gasteiger partial charge in [-0.2, -0.15) is 0 Å². The highest BCUT2D eigenvalue weighted by Crippen LogP contribution is 2.24. The van der Waals surface area contributed by atoms with Crippen LogP contribution in [0.5, 0.6) is 0 Å². The van der Waals surface area contributed by atoms with Crippen molar-refractivity contribution in [2.75, 3.05) is 0 Å². The molecule has 166 valence electrons. The van der Waals surface area contributed by atoms with Gasteiger partial charge in [-0.05, 0) is 68.5 Å². The van der Waals surface area contributed by atoms with Crippen LogP contribution >= 0.6 is 11.3 Å². The third kappa shape index (κ3) is 8.34. The molecule has 6 heteroatoms. The molecule has 2 rings (SSSR count). The fourth-order valence-electron chi connectivity index (χ4n) is 3.13. The van der Waals surface area contributed by atoms with Gasteiger partial charge >= 0.3 is 12.1 Å². The van der Waals surface area contributed by atoms with E-state index in [2.05, 4.69) is 41.9 Å². The average molecular weight is 434 g/mol. The quantitative estimate of drug-likeness (QED) is 0.266. The summed E-state index contributed by atoms with van der Waals surface area (Å²) >= 11 is 1.73. The first kappa shape index (κ1) is 24.2. The van der Waals surface area contributed by atoms with Crippen LogP contribution in [0, 0.1) is 5.92 Å². The minimum absolute atomic E-state index is 0.0494. The summed E-state index contributed by atoms with van der Waals surface area (Å²) in [7, 11) is 0. The molecule has 0 fully saturated rings. The first-order valence-electron chi connectivity index (χ1n) is 10.8. The number of carbonyl (C=O) groups excluding carboxylic acids is 2. The summed E-state index contributed by atoms with van der Waals surface area (Å²) in [5, 5.41) is 6.10. The Labute approximate surface area is 184 Å². The van der Waals surface area contributed by atoms with Crippen LogP contribution in [0.2, 0.25) is 0 Å². The number of benzene rings is 1. The summed E-state index contributed by atoms with van der Waals surface area (Å²) in [5.74, 6) is -0.331. The van der Waals surface area contributed by atoms with E-state index in [0.717, 1.165) is 32.1 Å². The van der Waals surface area contributed by atoms with Crippen molar-refractivity contribution in [2.45, 2.75) is 85.0 Å². The van der Waals surface area contributed by atoms with Crippen molar-refractivity contribution in [3.63, 3.8) is 0 Å². The third-order valence-electron chi connectivity index (χ3n) is 4.83. The van der Waals surface area contributed by atoms with Gasteiger partial charge in [0.15, 0.2) is 6.23 Å². The van der Waals surface area contributed by atoms with Gasteiger partial charge in [0, 0.05) is 17.0 Å². The molecule has 0 aliphatic carbocycles. The zero-order valence-corrected chi connectivity index (χ0v) is 19.6. The molecule has 0 aliphatic rings. The Hall–Kier alpha value is -2.08. The smallest absolute Gasteiger partial charge is 0.410 e. The highest BCUT2D eigenvalue weighted by molar-refractivity contribution is 7.17. The Morgan fingerprint density at radius 1 is 1.17 bits per heavy atom. The van der Waals surface area contributed by atoms with E-state index in [-0.39, 0.29) is 11.9 Å². The van der Waals surface area contributed by atoms with Crippen molar-refractivity contribution in [1.82, 2.24) is 5.32 Å². The summed E-state index contributed by atoms with van der Waals surface area (Å²) in [6.45, 7) is 9.51. The van der Waals surface area contributed by atoms with Crippen molar-refractivity contribution in [3.8, 4) is 0 Å². The van der Waals surface area contributed by atoms with Gasteiger partial charge in [-0.1, -0.05) is 38.8 Å². The normalized spacial score (nSPS) is 13.6. The Morgan fingerprint density at radius 2 is 1.93 bits per heavy atom. The summed E-state index contributed by atoms with van der Waals surface area (Å²) in [4.78, 5) is 24.6. The van der Waals surface area contributed by atoms with Crippen LogP contribution in [0.15, 0.2) is 29.6 Å². The number of ether oxygens (including phenoxy) is 2. The zero-order chi connectivity index (χ0) is 22.1. The van der Waals surface area contributed by atoms with E-state index >= 15 is 0 Å². The van der Waals surface area contributed by atoms with Gasteiger partial charge in [-0.25, -0.2) is 4.79 Å². The van der Waals surface area contributed by atoms with Gasteiger partial charge in [0.1, 0.15) is 5.60 Å². The van der Waals surface area contributed by atoms with Crippen molar-refractivity contribution < 1.29 is 19.1 Å². The SMILES string of the molecule is CCCCCC(=O)OC(NC(=O)OC(C)(C)C)[C@H](C)CCc1ccc2ccsc2c1. The van der Waals surface area contributed by atoms with Crippen molar-refractivity contribution in [1.29, 1.82) is 0 Å². The monoisotopic (exact) mass is 433 g/mol. The summed E-state index contributed by atoms with van der Waals surface area (Å²) in [6, 6.07) is 8.59. The number of rotatable bonds is 10. The molecule has 5 nitrogen and oxygen atoms in total. The molecule has 0 spiro atoms. The molecule has 1 aromatic carbocycles. The van der Waals surface area contributed by atoms with Crippen LogP contribution in [-0.4, -0.2) is 23.9 Å². The highest BCUT2D eigenvalue weighted by atomic mass is 32.1. The van der Waals surface area contributed by atoms with E-state index in [1.54, 1.807) is 11.3 Å². The lowest BCUT2D eigenvalue weighted by Crippen LogP contribution is -2.45. The number of esters is 1. The topological polar surface area (TPSA) is 64.6 Å². The molecular weight excluding hydrogens is 398 g/mol. The van der Waals surface area contributed by atoms with Crippen LogP contribution in [0.4, 0.5) is 4.79 Å². The summed E-state index contributed by atoms with van der Waals surface area (Å²) in [6.07, 6.45) is 3.53. The zero-order valence-electron chi connectivity index (χ0n) is 18.8. The number of alkyl carbamates (subject to hydrolysis) is 1. The lowest BCUT2D eigenvalue weighted by molar-refractivity contribution is -0.153. The second-order valence-corrected chi connectivity index (χ2v) is 9.77. The van der Waals surface area contributed by atoms with Crippen LogP contribution < -0.4 is 5.32 Å². The van der Waals surface area contributed by atoms with Crippen LogP contribution in [0.25, 0.3) is 10.1 Å². The molecule has 0 saturated carbocycles. The van der Waals surface area contributed by atoms with Gasteiger partial charge in [-0.3, -0.25) is 10.1 Å². The maximum atomic E-state index is 12.3. The van der Waals surface area contributed by atoms with Crippen LogP contribution in [-0.2, 0) is 20.7 Å². The van der Waals surface area contributed by atoms with Crippen molar-refractivity contribution in [3.05, 3.63) is 35.2 Å². The fraction of sp³-hybridized carbons (Fsp3) is 0.583. The number of aryl methyl sites for hydroxylation is 1. The Balaban J connectivity index is 1.98. The second kappa shape index (κ2) is 11.3. The number of fused-ring (bicyclic) bond motifs is 1. The first-order valence-corrected chi connectivity index (χ1v) is 11.7. The molecule has 0 aliphatic heterocycles. The van der Waals surface area contributed by atoms with Gasteiger partial charge < -0.3 is 9.47 Å². The second-order valence-electron chi connectivity index (χ2n) is 8.82. The number of amides is 1. The van der Waals surface area contributed by atoms with Gasteiger partial charge in [0.05, 0.1) is 0 Å². The molecule has 0 radical (unpaired) electrons. The molecule has 1 amide bonds. The van der Waals surface area contributed by atoms with Gasteiger partial charge in [0.25, 0.3) is 0 Å². The van der Waals surface area contributed by atoms with Crippen LogP contribution in [0.3, 0.4) is 0 Å². The highest BCUT2D eigenvalue weighted by Gasteiger charge is 2.26. The molecule has 1 aromatic heterocycles. The standard InChI is InChI=1S/C24H35NO4S/c1-6-7-8-9-21(26)28-22(25-23(27)29-24(3,4)5)17(2)10-11-18-12-13-19-14-15-30-20(19)16-18/h12-17,22H,6-11H2,1-5H3,(H,25,27)/t17-,22?/m1/s1. The number of carbonyl (C=O) groups is 2. The minimum atomic E-state index is -0.709. The van der Waals surface area contributed by atoms with E-state index in [9.17, 15) is 9.59 Å². The number of nitrogens with one attached hydrogen (secondary N) is 1. The molecule has 1 unspecified atom stereocenters. The van der Waals surface area contributed by atoms with E-state index in [4.69, 9.17) is 9.47 Å². The van der Waals surface area contributed by atoms with E-state index in [0.29, 0.717) is 6.42 Å². The lowest BCUT2D eigenvalue weighted by Gasteiger charge is -2.27. The fourth-order valence-corrected chi connectivity index (χ4v) is 3.98. The molecule has 2 atom stereocenters. The Morgan fingerprint density at radius 3 is 2.63 bits per heavy atom. The van der Waals surface area contributed by atoms with E-state index in [1.165, 1.54) is 15.6 Å². The minimum Gasteiger partial charge on any atom is -0.444 e. The number of thiophene rings is 1. The molecular formula is C24H35NO4S. The number of hydrogen-bond donors (Lipinski definition) is 1. The molecule has 0 saturated heterocycles. The first-order chi connectivity index (χ1) is 14.2. The third-order valence-corrected chi connectivity index (χ3v) is 5.71. The Kier molecular flexibility index (Phi) is 9.15. The molecule has 1 heterocycles. The van der Waals surface area contributed by atoms with E-state index < -0.39 is 17.9 Å².